The molecule has 0 aromatic heterocycles. The number of piperidine rings is 1. The molecule has 0 amide bonds. The van der Waals surface area contributed by atoms with Crippen LogP contribution in [0.4, 0.5) is 0 Å². The molecule has 0 aliphatic carbocycles. The Morgan fingerprint density at radius 3 is 2.73 bits per heavy atom. The molecule has 22 heavy (non-hydrogen) atoms. The Morgan fingerprint density at radius 1 is 1.27 bits per heavy atom. The van der Waals surface area contributed by atoms with Gasteiger partial charge in [-0.05, 0) is 69.4 Å². The van der Waals surface area contributed by atoms with E-state index in [0.717, 1.165) is 37.7 Å². The van der Waals surface area contributed by atoms with Crippen molar-refractivity contribution in [3.63, 3.8) is 0 Å². The first-order valence-electron chi connectivity index (χ1n) is 8.90. The van der Waals surface area contributed by atoms with Crippen molar-refractivity contribution in [3.05, 3.63) is 29.8 Å². The zero-order valence-corrected chi connectivity index (χ0v) is 14.5. The van der Waals surface area contributed by atoms with Gasteiger partial charge in [-0.25, -0.2) is 0 Å². The maximum Gasteiger partial charge on any atom is 0.119 e. The van der Waals surface area contributed by atoms with Crippen LogP contribution >= 0.6 is 0 Å². The van der Waals surface area contributed by atoms with Crippen molar-refractivity contribution in [2.75, 3.05) is 26.2 Å². The predicted molar refractivity (Wildman–Crippen MR) is 93.4 cm³/mol. The zero-order chi connectivity index (χ0) is 15.8. The topological polar surface area (TPSA) is 24.5 Å². The second-order valence-corrected chi connectivity index (χ2v) is 6.53. The van der Waals surface area contributed by atoms with E-state index in [1.807, 2.05) is 0 Å². The first kappa shape index (κ1) is 17.3. The molecule has 0 spiro atoms. The van der Waals surface area contributed by atoms with Gasteiger partial charge in [-0.15, -0.1) is 0 Å². The van der Waals surface area contributed by atoms with Gasteiger partial charge >= 0.3 is 0 Å². The Balaban J connectivity index is 1.82. The number of benzene rings is 1. The molecule has 3 nitrogen and oxygen atoms in total. The van der Waals surface area contributed by atoms with Gasteiger partial charge in [0.2, 0.25) is 0 Å². The highest BCUT2D eigenvalue weighted by Gasteiger charge is 2.19. The average molecular weight is 304 g/mol. The van der Waals surface area contributed by atoms with E-state index >= 15 is 0 Å². The fourth-order valence-corrected chi connectivity index (χ4v) is 3.06. The van der Waals surface area contributed by atoms with Crippen LogP contribution in [-0.4, -0.2) is 37.2 Å². The molecule has 124 valence electrons. The summed E-state index contributed by atoms with van der Waals surface area (Å²) in [4.78, 5) is 2.59. The second-order valence-electron chi connectivity index (χ2n) is 6.53. The molecule has 1 heterocycles. The van der Waals surface area contributed by atoms with Gasteiger partial charge in [0.25, 0.3) is 0 Å². The molecule has 3 heteroatoms. The lowest BCUT2D eigenvalue weighted by molar-refractivity contribution is 0.165. The summed E-state index contributed by atoms with van der Waals surface area (Å²) in [5.41, 5.74) is 1.39. The van der Waals surface area contributed by atoms with Crippen molar-refractivity contribution in [1.29, 1.82) is 0 Å². The third-order valence-corrected chi connectivity index (χ3v) is 4.53. The zero-order valence-electron chi connectivity index (χ0n) is 14.5. The Labute approximate surface area is 136 Å². The van der Waals surface area contributed by atoms with Gasteiger partial charge < -0.3 is 10.1 Å². The molecule has 0 radical (unpaired) electrons. The van der Waals surface area contributed by atoms with Crippen molar-refractivity contribution in [1.82, 2.24) is 10.2 Å². The molecule has 0 saturated carbocycles. The summed E-state index contributed by atoms with van der Waals surface area (Å²) in [5.74, 6) is 1.79. The van der Waals surface area contributed by atoms with Crippen LogP contribution in [0.2, 0.25) is 0 Å². The van der Waals surface area contributed by atoms with E-state index < -0.39 is 0 Å². The van der Waals surface area contributed by atoms with E-state index in [4.69, 9.17) is 4.74 Å². The standard InChI is InChI=1S/C19H32N2O/c1-4-16(3)22-19-10-8-17(9-11-19)14-21-12-6-7-18(15-21)13-20-5-2/h8-11,16,18,20H,4-7,12-15H2,1-3H3. The third-order valence-electron chi connectivity index (χ3n) is 4.53. The molecule has 1 aromatic rings. The summed E-state index contributed by atoms with van der Waals surface area (Å²) in [7, 11) is 0. The van der Waals surface area contributed by atoms with Gasteiger partial charge in [-0.1, -0.05) is 26.0 Å². The van der Waals surface area contributed by atoms with Crippen LogP contribution < -0.4 is 10.1 Å². The molecule has 1 saturated heterocycles. The molecule has 2 rings (SSSR count). The van der Waals surface area contributed by atoms with Gasteiger partial charge in [0.1, 0.15) is 5.75 Å². The Hall–Kier alpha value is -1.06. The average Bonchev–Trinajstić information content (AvgIpc) is 2.55. The van der Waals surface area contributed by atoms with Crippen molar-refractivity contribution in [2.24, 2.45) is 5.92 Å². The van der Waals surface area contributed by atoms with E-state index in [2.05, 4.69) is 55.3 Å². The number of likely N-dealkylation sites (tertiary alicyclic amines) is 1. The molecular weight excluding hydrogens is 272 g/mol. The van der Waals surface area contributed by atoms with Crippen LogP contribution in [0.3, 0.4) is 0 Å². The van der Waals surface area contributed by atoms with Crippen LogP contribution in [-0.2, 0) is 6.54 Å². The van der Waals surface area contributed by atoms with Crippen molar-refractivity contribution in [3.8, 4) is 5.75 Å². The largest absolute Gasteiger partial charge is 0.491 e. The predicted octanol–water partition coefficient (Wildman–Crippen LogP) is 3.69. The van der Waals surface area contributed by atoms with Gasteiger partial charge in [-0.2, -0.15) is 0 Å². The Bertz CT molecular complexity index is 418. The molecule has 1 aromatic carbocycles. The first-order chi connectivity index (χ1) is 10.7. The molecular formula is C19H32N2O. The monoisotopic (exact) mass is 304 g/mol. The van der Waals surface area contributed by atoms with E-state index in [0.29, 0.717) is 6.10 Å². The molecule has 1 N–H and O–H groups in total. The SMILES string of the molecule is CCNCC1CCCN(Cc2ccc(OC(C)CC)cc2)C1. The van der Waals surface area contributed by atoms with Crippen molar-refractivity contribution < 1.29 is 4.74 Å². The summed E-state index contributed by atoms with van der Waals surface area (Å²) in [6.07, 6.45) is 4.03. The fraction of sp³-hybridized carbons (Fsp3) is 0.684. The minimum atomic E-state index is 0.291. The maximum atomic E-state index is 5.85. The Kier molecular flexibility index (Phi) is 7.20. The number of rotatable bonds is 8. The Morgan fingerprint density at radius 2 is 2.05 bits per heavy atom. The number of ether oxygens (including phenoxy) is 1. The van der Waals surface area contributed by atoms with E-state index in [9.17, 15) is 0 Å². The number of nitrogens with one attached hydrogen (secondary N) is 1. The van der Waals surface area contributed by atoms with Crippen LogP contribution in [0.5, 0.6) is 5.75 Å². The fourth-order valence-electron chi connectivity index (χ4n) is 3.06. The highest BCUT2D eigenvalue weighted by atomic mass is 16.5. The smallest absolute Gasteiger partial charge is 0.119 e. The lowest BCUT2D eigenvalue weighted by Crippen LogP contribution is -2.39. The lowest BCUT2D eigenvalue weighted by Gasteiger charge is -2.33. The summed E-state index contributed by atoms with van der Waals surface area (Å²) >= 11 is 0. The number of hydrogen-bond donors (Lipinski definition) is 1. The minimum Gasteiger partial charge on any atom is -0.491 e. The lowest BCUT2D eigenvalue weighted by atomic mass is 9.97. The van der Waals surface area contributed by atoms with Crippen LogP contribution in [0.1, 0.15) is 45.6 Å². The molecule has 0 bridgehead atoms. The van der Waals surface area contributed by atoms with Gasteiger partial charge in [0.15, 0.2) is 0 Å². The number of nitrogens with zero attached hydrogens (tertiary/aromatic N) is 1. The highest BCUT2D eigenvalue weighted by Crippen LogP contribution is 2.20. The second kappa shape index (κ2) is 9.16. The minimum absolute atomic E-state index is 0.291. The number of hydrogen-bond acceptors (Lipinski definition) is 3. The normalized spacial score (nSPS) is 20.8. The third kappa shape index (κ3) is 5.62. The van der Waals surface area contributed by atoms with E-state index in [-0.39, 0.29) is 0 Å². The molecule has 1 aliphatic rings. The summed E-state index contributed by atoms with van der Waals surface area (Å²) in [6, 6.07) is 8.65. The van der Waals surface area contributed by atoms with Gasteiger partial charge in [0, 0.05) is 13.1 Å². The van der Waals surface area contributed by atoms with Crippen molar-refractivity contribution in [2.45, 2.75) is 52.7 Å². The first-order valence-corrected chi connectivity index (χ1v) is 8.90. The summed E-state index contributed by atoms with van der Waals surface area (Å²) in [6.45, 7) is 12.2. The quantitative estimate of drug-likeness (QED) is 0.793. The summed E-state index contributed by atoms with van der Waals surface area (Å²) in [5, 5.41) is 3.49. The van der Waals surface area contributed by atoms with Crippen molar-refractivity contribution >= 4 is 0 Å². The summed E-state index contributed by atoms with van der Waals surface area (Å²) < 4.78 is 5.85. The van der Waals surface area contributed by atoms with Crippen LogP contribution in [0, 0.1) is 5.92 Å². The van der Waals surface area contributed by atoms with Crippen LogP contribution in [0.25, 0.3) is 0 Å². The van der Waals surface area contributed by atoms with E-state index in [1.54, 1.807) is 0 Å². The highest BCUT2D eigenvalue weighted by molar-refractivity contribution is 5.27. The van der Waals surface area contributed by atoms with Gasteiger partial charge in [0.05, 0.1) is 6.10 Å². The van der Waals surface area contributed by atoms with Gasteiger partial charge in [-0.3, -0.25) is 4.90 Å². The van der Waals surface area contributed by atoms with E-state index in [1.165, 1.54) is 31.5 Å². The van der Waals surface area contributed by atoms with Crippen LogP contribution in [0.15, 0.2) is 24.3 Å². The molecule has 2 atom stereocenters. The molecule has 1 aliphatic heterocycles. The molecule has 1 fully saturated rings. The maximum absolute atomic E-state index is 5.85. The molecule has 2 unspecified atom stereocenters.